The molecule has 0 radical (unpaired) electrons. The second-order valence-corrected chi connectivity index (χ2v) is 6.61. The molecule has 4 aromatic rings. The van der Waals surface area contributed by atoms with E-state index in [0.717, 1.165) is 23.9 Å². The van der Waals surface area contributed by atoms with E-state index in [1.807, 2.05) is 30.3 Å². The van der Waals surface area contributed by atoms with Crippen molar-refractivity contribution in [2.45, 2.75) is 6.18 Å². The molecule has 6 nitrogen and oxygen atoms in total. The van der Waals surface area contributed by atoms with Gasteiger partial charge >= 0.3 is 6.18 Å². The number of nitrogens with two attached hydrogens (primary N) is 1. The summed E-state index contributed by atoms with van der Waals surface area (Å²) in [6.45, 7) is 0. The molecule has 0 atom stereocenters. The first-order valence-electron chi connectivity index (χ1n) is 9.25. The van der Waals surface area contributed by atoms with Crippen LogP contribution in [0.25, 0.3) is 11.3 Å². The van der Waals surface area contributed by atoms with Crippen molar-refractivity contribution in [1.29, 1.82) is 0 Å². The molecule has 0 amide bonds. The molecule has 0 aliphatic heterocycles. The first kappa shape index (κ1) is 21.0. The molecule has 0 bridgehead atoms. The predicted molar refractivity (Wildman–Crippen MR) is 111 cm³/mol. The van der Waals surface area contributed by atoms with Crippen LogP contribution in [0.2, 0.25) is 0 Å². The molecule has 162 valence electrons. The van der Waals surface area contributed by atoms with Gasteiger partial charge in [0.2, 0.25) is 5.95 Å². The van der Waals surface area contributed by atoms with Gasteiger partial charge in [0.05, 0.1) is 11.4 Å². The van der Waals surface area contributed by atoms with Crippen LogP contribution in [0.3, 0.4) is 0 Å². The van der Waals surface area contributed by atoms with Crippen molar-refractivity contribution in [2.75, 3.05) is 11.1 Å². The van der Waals surface area contributed by atoms with E-state index in [4.69, 9.17) is 10.5 Å². The van der Waals surface area contributed by atoms with Crippen molar-refractivity contribution in [2.24, 2.45) is 0 Å². The van der Waals surface area contributed by atoms with E-state index in [2.05, 4.69) is 20.3 Å². The van der Waals surface area contributed by atoms with Gasteiger partial charge in [0, 0.05) is 30.0 Å². The van der Waals surface area contributed by atoms with E-state index in [9.17, 15) is 17.6 Å². The molecule has 3 N–H and O–H groups in total. The molecule has 2 heterocycles. The van der Waals surface area contributed by atoms with Crippen molar-refractivity contribution in [3.8, 4) is 22.8 Å². The summed E-state index contributed by atoms with van der Waals surface area (Å²) in [7, 11) is 0. The van der Waals surface area contributed by atoms with E-state index in [-0.39, 0.29) is 29.0 Å². The van der Waals surface area contributed by atoms with Crippen LogP contribution in [-0.2, 0) is 6.18 Å². The normalized spacial score (nSPS) is 11.2. The molecule has 0 saturated heterocycles. The maximum absolute atomic E-state index is 14.6. The second-order valence-electron chi connectivity index (χ2n) is 6.61. The van der Waals surface area contributed by atoms with Crippen molar-refractivity contribution in [3.05, 3.63) is 84.4 Å². The number of aromatic nitrogens is 3. The van der Waals surface area contributed by atoms with Crippen LogP contribution in [0, 0.1) is 5.82 Å². The van der Waals surface area contributed by atoms with Gasteiger partial charge in [-0.1, -0.05) is 30.3 Å². The largest absolute Gasteiger partial charge is 0.457 e. The zero-order chi connectivity index (χ0) is 22.7. The number of nitrogens with zero attached hydrogens (tertiary/aromatic N) is 3. The monoisotopic (exact) mass is 441 g/mol. The Bertz CT molecular complexity index is 1250. The lowest BCUT2D eigenvalue weighted by Crippen LogP contribution is -2.07. The highest BCUT2D eigenvalue weighted by atomic mass is 19.4. The van der Waals surface area contributed by atoms with Gasteiger partial charge in [-0.05, 0) is 18.2 Å². The van der Waals surface area contributed by atoms with Gasteiger partial charge in [-0.3, -0.25) is 4.98 Å². The molecule has 0 fully saturated rings. The Morgan fingerprint density at radius 3 is 2.34 bits per heavy atom. The lowest BCUT2D eigenvalue weighted by Gasteiger charge is -2.12. The number of hydrogen-bond donors (Lipinski definition) is 2. The number of nitrogens with one attached hydrogen (secondary N) is 1. The zero-order valence-electron chi connectivity index (χ0n) is 16.3. The number of pyridine rings is 1. The number of hydrogen-bond acceptors (Lipinski definition) is 6. The third kappa shape index (κ3) is 4.91. The molecule has 0 aliphatic carbocycles. The van der Waals surface area contributed by atoms with Gasteiger partial charge in [0.15, 0.2) is 0 Å². The summed E-state index contributed by atoms with van der Waals surface area (Å²) in [5, 5.41) is 2.82. The van der Waals surface area contributed by atoms with Gasteiger partial charge in [0.25, 0.3) is 0 Å². The standard InChI is InChI=1S/C22H15F4N5O/c23-16-10-14(32-15-8-9-28-19(11-15)22(24,25)26)6-7-17(16)29-20-12-18(30-21(27)31-20)13-4-2-1-3-5-13/h1-12H,(H3,27,29,30,31). The number of benzene rings is 2. The molecule has 0 saturated carbocycles. The molecule has 32 heavy (non-hydrogen) atoms. The molecule has 0 spiro atoms. The summed E-state index contributed by atoms with van der Waals surface area (Å²) in [4.78, 5) is 11.5. The van der Waals surface area contributed by atoms with Crippen LogP contribution >= 0.6 is 0 Å². The lowest BCUT2D eigenvalue weighted by atomic mass is 10.1. The minimum absolute atomic E-state index is 0.00682. The quantitative estimate of drug-likeness (QED) is 0.380. The van der Waals surface area contributed by atoms with Gasteiger partial charge in [-0.15, -0.1) is 0 Å². The van der Waals surface area contributed by atoms with Crippen LogP contribution in [-0.4, -0.2) is 15.0 Å². The number of halogens is 4. The second kappa shape index (κ2) is 8.50. The predicted octanol–water partition coefficient (Wildman–Crippen LogP) is 5.81. The first-order chi connectivity index (χ1) is 15.3. The molecular weight excluding hydrogens is 426 g/mol. The summed E-state index contributed by atoms with van der Waals surface area (Å²) >= 11 is 0. The minimum Gasteiger partial charge on any atom is -0.457 e. The van der Waals surface area contributed by atoms with Crippen molar-refractivity contribution < 1.29 is 22.3 Å². The number of anilines is 3. The van der Waals surface area contributed by atoms with Crippen molar-refractivity contribution in [3.63, 3.8) is 0 Å². The van der Waals surface area contributed by atoms with Crippen molar-refractivity contribution >= 4 is 17.5 Å². The maximum atomic E-state index is 14.6. The third-order valence-electron chi connectivity index (χ3n) is 4.27. The first-order valence-corrected chi connectivity index (χ1v) is 9.25. The van der Waals surface area contributed by atoms with Crippen LogP contribution in [0.15, 0.2) is 72.9 Å². The molecular formula is C22H15F4N5O. The average molecular weight is 441 g/mol. The van der Waals surface area contributed by atoms with E-state index in [1.54, 1.807) is 6.07 Å². The highest BCUT2D eigenvalue weighted by Crippen LogP contribution is 2.32. The fourth-order valence-electron chi connectivity index (χ4n) is 2.85. The minimum atomic E-state index is -4.61. The number of nitrogen functional groups attached to an aromatic ring is 1. The molecule has 10 heteroatoms. The lowest BCUT2D eigenvalue weighted by molar-refractivity contribution is -0.141. The molecule has 0 unspecified atom stereocenters. The fraction of sp³-hybridized carbons (Fsp3) is 0.0455. The van der Waals surface area contributed by atoms with Crippen LogP contribution in [0.1, 0.15) is 5.69 Å². The van der Waals surface area contributed by atoms with E-state index in [0.29, 0.717) is 5.69 Å². The molecule has 2 aromatic carbocycles. The third-order valence-corrected chi connectivity index (χ3v) is 4.27. The Labute approximate surface area is 179 Å². The highest BCUT2D eigenvalue weighted by molar-refractivity contribution is 5.67. The van der Waals surface area contributed by atoms with Crippen LogP contribution in [0.5, 0.6) is 11.5 Å². The summed E-state index contributed by atoms with van der Waals surface area (Å²) in [5.74, 6) is -0.533. The summed E-state index contributed by atoms with van der Waals surface area (Å²) in [6.07, 6.45) is -3.65. The van der Waals surface area contributed by atoms with E-state index in [1.165, 1.54) is 18.2 Å². The number of ether oxygens (including phenoxy) is 1. The van der Waals surface area contributed by atoms with Gasteiger partial charge < -0.3 is 15.8 Å². The maximum Gasteiger partial charge on any atom is 0.433 e. The van der Waals surface area contributed by atoms with E-state index >= 15 is 0 Å². The Morgan fingerprint density at radius 2 is 1.62 bits per heavy atom. The summed E-state index contributed by atoms with van der Waals surface area (Å²) in [5.41, 5.74) is 6.11. The van der Waals surface area contributed by atoms with Crippen LogP contribution in [0.4, 0.5) is 35.0 Å². The molecule has 4 rings (SSSR count). The van der Waals surface area contributed by atoms with Gasteiger partial charge in [-0.2, -0.15) is 18.2 Å². The topological polar surface area (TPSA) is 86.0 Å². The SMILES string of the molecule is Nc1nc(Nc2ccc(Oc3ccnc(C(F)(F)F)c3)cc2F)cc(-c2ccccc2)n1. The Morgan fingerprint density at radius 1 is 0.875 bits per heavy atom. The summed E-state index contributed by atoms with van der Waals surface area (Å²) < 4.78 is 58.3. The fourth-order valence-corrected chi connectivity index (χ4v) is 2.85. The van der Waals surface area contributed by atoms with Gasteiger partial charge in [0.1, 0.15) is 28.8 Å². The Kier molecular flexibility index (Phi) is 5.59. The van der Waals surface area contributed by atoms with Gasteiger partial charge in [-0.25, -0.2) is 9.37 Å². The van der Waals surface area contributed by atoms with Crippen LogP contribution < -0.4 is 15.8 Å². The Balaban J connectivity index is 1.54. The average Bonchev–Trinajstić information content (AvgIpc) is 2.75. The molecule has 2 aromatic heterocycles. The number of alkyl halides is 3. The smallest absolute Gasteiger partial charge is 0.433 e. The molecule has 0 aliphatic rings. The number of rotatable bonds is 5. The van der Waals surface area contributed by atoms with E-state index < -0.39 is 17.7 Å². The summed E-state index contributed by atoms with van der Waals surface area (Å²) in [6, 6.07) is 16.7. The Hall–Kier alpha value is -4.21. The van der Waals surface area contributed by atoms with Crippen molar-refractivity contribution in [1.82, 2.24) is 15.0 Å². The zero-order valence-corrected chi connectivity index (χ0v) is 16.3. The highest BCUT2D eigenvalue weighted by Gasteiger charge is 2.32.